The average molecular weight is 451 g/mol. The summed E-state index contributed by atoms with van der Waals surface area (Å²) in [7, 11) is -3.78. The molecule has 3 rings (SSSR count). The van der Waals surface area contributed by atoms with Gasteiger partial charge in [-0.2, -0.15) is 0 Å². The number of benzene rings is 3. The molecule has 0 aliphatic rings. The van der Waals surface area contributed by atoms with Crippen LogP contribution >= 0.6 is 11.6 Å². The van der Waals surface area contributed by atoms with Crippen LogP contribution in [0, 0.1) is 5.82 Å². The summed E-state index contributed by atoms with van der Waals surface area (Å²) >= 11 is 5.73. The van der Waals surface area contributed by atoms with E-state index in [4.69, 9.17) is 16.3 Å². The second-order valence-corrected chi connectivity index (χ2v) is 8.89. The molecular formula is C21H20ClFN2O4S. The van der Waals surface area contributed by atoms with Gasteiger partial charge >= 0.3 is 0 Å². The van der Waals surface area contributed by atoms with Gasteiger partial charge in [-0.05, 0) is 41.1 Å². The lowest BCUT2D eigenvalue weighted by atomic mass is 10.1. The number of hydrogen-bond donors (Lipinski definition) is 1. The van der Waals surface area contributed by atoms with Crippen molar-refractivity contribution in [2.24, 2.45) is 0 Å². The van der Waals surface area contributed by atoms with E-state index in [9.17, 15) is 17.6 Å². The molecular weight excluding hydrogens is 431 g/mol. The number of amides is 1. The van der Waals surface area contributed by atoms with Crippen molar-refractivity contribution >= 4 is 44.0 Å². The number of carbonyl (C=O) groups excluding carboxylic acids is 1. The normalized spacial score (nSPS) is 11.3. The summed E-state index contributed by atoms with van der Waals surface area (Å²) in [4.78, 5) is 12.2. The Bertz CT molecular complexity index is 1170. The number of rotatable bonds is 8. The third-order valence-corrected chi connectivity index (χ3v) is 5.72. The minimum Gasteiger partial charge on any atom is -0.492 e. The van der Waals surface area contributed by atoms with Crippen molar-refractivity contribution in [1.82, 2.24) is 5.32 Å². The van der Waals surface area contributed by atoms with Crippen LogP contribution in [0.5, 0.6) is 5.75 Å². The van der Waals surface area contributed by atoms with Gasteiger partial charge in [-0.25, -0.2) is 12.8 Å². The van der Waals surface area contributed by atoms with Gasteiger partial charge in [0.25, 0.3) is 0 Å². The molecule has 0 heterocycles. The largest absolute Gasteiger partial charge is 0.492 e. The van der Waals surface area contributed by atoms with Gasteiger partial charge in [-0.3, -0.25) is 9.10 Å². The summed E-state index contributed by atoms with van der Waals surface area (Å²) in [6.07, 6.45) is 0.959. The van der Waals surface area contributed by atoms with E-state index in [1.807, 2.05) is 42.5 Å². The monoisotopic (exact) mass is 450 g/mol. The molecule has 0 aliphatic heterocycles. The third-order valence-electron chi connectivity index (χ3n) is 4.29. The summed E-state index contributed by atoms with van der Waals surface area (Å²) in [6.45, 7) is -0.0600. The van der Waals surface area contributed by atoms with Crippen LogP contribution in [0.25, 0.3) is 10.8 Å². The molecule has 0 fully saturated rings. The lowest BCUT2D eigenvalue weighted by Gasteiger charge is -2.22. The molecule has 1 N–H and O–H groups in total. The van der Waals surface area contributed by atoms with Crippen LogP contribution in [0.1, 0.15) is 0 Å². The molecule has 0 aliphatic carbocycles. The smallest absolute Gasteiger partial charge is 0.240 e. The Morgan fingerprint density at radius 3 is 2.53 bits per heavy atom. The van der Waals surface area contributed by atoms with Gasteiger partial charge in [0.05, 0.1) is 23.5 Å². The lowest BCUT2D eigenvalue weighted by molar-refractivity contribution is -0.119. The quantitative estimate of drug-likeness (QED) is 0.532. The number of halogens is 2. The van der Waals surface area contributed by atoms with Gasteiger partial charge in [-0.15, -0.1) is 0 Å². The summed E-state index contributed by atoms with van der Waals surface area (Å²) in [5.74, 6) is -0.534. The van der Waals surface area contributed by atoms with Crippen molar-refractivity contribution in [3.8, 4) is 5.75 Å². The first kappa shape index (κ1) is 21.9. The van der Waals surface area contributed by atoms with E-state index in [1.165, 1.54) is 6.07 Å². The highest BCUT2D eigenvalue weighted by atomic mass is 35.5. The van der Waals surface area contributed by atoms with Crippen LogP contribution in [0.4, 0.5) is 10.1 Å². The molecule has 0 atom stereocenters. The van der Waals surface area contributed by atoms with Crippen molar-refractivity contribution < 1.29 is 22.3 Å². The van der Waals surface area contributed by atoms with E-state index in [0.717, 1.165) is 33.5 Å². The highest BCUT2D eigenvalue weighted by Gasteiger charge is 2.21. The number of ether oxygens (including phenoxy) is 1. The Labute approximate surface area is 179 Å². The van der Waals surface area contributed by atoms with Crippen molar-refractivity contribution in [2.45, 2.75) is 0 Å². The molecule has 3 aromatic carbocycles. The Balaban J connectivity index is 1.55. The molecule has 30 heavy (non-hydrogen) atoms. The predicted molar refractivity (Wildman–Crippen MR) is 116 cm³/mol. The topological polar surface area (TPSA) is 75.7 Å². The zero-order valence-corrected chi connectivity index (χ0v) is 17.7. The molecule has 0 bridgehead atoms. The van der Waals surface area contributed by atoms with Crippen LogP contribution in [-0.2, 0) is 14.8 Å². The summed E-state index contributed by atoms with van der Waals surface area (Å²) in [6, 6.07) is 17.0. The second kappa shape index (κ2) is 9.32. The van der Waals surface area contributed by atoms with Gasteiger partial charge < -0.3 is 10.1 Å². The van der Waals surface area contributed by atoms with E-state index in [0.29, 0.717) is 5.75 Å². The van der Waals surface area contributed by atoms with Crippen molar-refractivity contribution in [3.05, 3.63) is 71.5 Å². The molecule has 1 amide bonds. The van der Waals surface area contributed by atoms with E-state index >= 15 is 0 Å². The number of nitrogens with one attached hydrogen (secondary N) is 1. The predicted octanol–water partition coefficient (Wildman–Crippen LogP) is 3.59. The first-order chi connectivity index (χ1) is 14.2. The van der Waals surface area contributed by atoms with Gasteiger partial charge in [0.1, 0.15) is 24.7 Å². The van der Waals surface area contributed by atoms with Crippen molar-refractivity contribution in [3.63, 3.8) is 0 Å². The fourth-order valence-corrected chi connectivity index (χ4v) is 3.87. The molecule has 6 nitrogen and oxygen atoms in total. The van der Waals surface area contributed by atoms with Crippen LogP contribution in [0.15, 0.2) is 60.7 Å². The van der Waals surface area contributed by atoms with E-state index in [2.05, 4.69) is 5.32 Å². The maximum Gasteiger partial charge on any atom is 0.240 e. The highest BCUT2D eigenvalue weighted by Crippen LogP contribution is 2.24. The van der Waals surface area contributed by atoms with Crippen molar-refractivity contribution in [2.75, 3.05) is 30.3 Å². The van der Waals surface area contributed by atoms with Crippen LogP contribution in [0.3, 0.4) is 0 Å². The van der Waals surface area contributed by atoms with E-state index in [1.54, 1.807) is 0 Å². The standard InChI is InChI=1S/C21H20ClFN2O4S/c1-30(27,28)25(17-7-9-20(23)19(22)13-17)14-21(26)24-10-11-29-18-8-6-15-4-2-3-5-16(15)12-18/h2-9,12-13H,10-11,14H2,1H3,(H,24,26). The maximum atomic E-state index is 13.4. The Hall–Kier alpha value is -2.84. The Kier molecular flexibility index (Phi) is 6.79. The summed E-state index contributed by atoms with van der Waals surface area (Å²) in [5, 5.41) is 4.52. The number of anilines is 1. The van der Waals surface area contributed by atoms with Gasteiger partial charge in [0, 0.05) is 0 Å². The minimum absolute atomic E-state index is 0.103. The van der Waals surface area contributed by atoms with Gasteiger partial charge in [0.2, 0.25) is 15.9 Å². The SMILES string of the molecule is CS(=O)(=O)N(CC(=O)NCCOc1ccc2ccccc2c1)c1ccc(F)c(Cl)c1. The average Bonchev–Trinajstić information content (AvgIpc) is 2.70. The van der Waals surface area contributed by atoms with Crippen molar-refractivity contribution in [1.29, 1.82) is 0 Å². The molecule has 0 aromatic heterocycles. The maximum absolute atomic E-state index is 13.4. The van der Waals surface area contributed by atoms with Crippen LogP contribution in [-0.4, -0.2) is 40.3 Å². The first-order valence-corrected chi connectivity index (χ1v) is 11.3. The third kappa shape index (κ3) is 5.61. The fraction of sp³-hybridized carbons (Fsp3) is 0.190. The molecule has 0 spiro atoms. The second-order valence-electron chi connectivity index (χ2n) is 6.58. The van der Waals surface area contributed by atoms with E-state index in [-0.39, 0.29) is 23.9 Å². The fourth-order valence-electron chi connectivity index (χ4n) is 2.84. The molecule has 3 aromatic rings. The zero-order chi connectivity index (χ0) is 21.7. The molecule has 158 valence electrons. The lowest BCUT2D eigenvalue weighted by Crippen LogP contribution is -2.41. The molecule has 0 radical (unpaired) electrons. The zero-order valence-electron chi connectivity index (χ0n) is 16.1. The minimum atomic E-state index is -3.78. The Morgan fingerprint density at radius 1 is 1.10 bits per heavy atom. The van der Waals surface area contributed by atoms with Crippen LogP contribution in [0.2, 0.25) is 5.02 Å². The number of fused-ring (bicyclic) bond motifs is 1. The van der Waals surface area contributed by atoms with Crippen LogP contribution < -0.4 is 14.4 Å². The Morgan fingerprint density at radius 2 is 1.83 bits per heavy atom. The van der Waals surface area contributed by atoms with Gasteiger partial charge in [0.15, 0.2) is 0 Å². The number of carbonyl (C=O) groups is 1. The first-order valence-electron chi connectivity index (χ1n) is 9.05. The number of sulfonamides is 1. The molecule has 0 saturated heterocycles. The molecule has 0 saturated carbocycles. The highest BCUT2D eigenvalue weighted by molar-refractivity contribution is 7.92. The molecule has 0 unspecified atom stereocenters. The summed E-state index contributed by atoms with van der Waals surface area (Å²) in [5.41, 5.74) is 0.103. The number of nitrogens with zero attached hydrogens (tertiary/aromatic N) is 1. The molecule has 9 heteroatoms. The number of hydrogen-bond acceptors (Lipinski definition) is 4. The van der Waals surface area contributed by atoms with E-state index < -0.39 is 28.3 Å². The summed E-state index contributed by atoms with van der Waals surface area (Å²) < 4.78 is 44.0. The van der Waals surface area contributed by atoms with Gasteiger partial charge in [-0.1, -0.05) is 41.9 Å².